The van der Waals surface area contributed by atoms with Gasteiger partial charge in [-0.25, -0.2) is 0 Å². The third kappa shape index (κ3) is 3.38. The van der Waals surface area contributed by atoms with Crippen LogP contribution >= 0.6 is 22.9 Å². The Balaban J connectivity index is 1.76. The maximum absolute atomic E-state index is 12.7. The summed E-state index contributed by atoms with van der Waals surface area (Å²) in [5, 5.41) is 11.9. The van der Waals surface area contributed by atoms with E-state index in [1.54, 1.807) is 23.3 Å². The van der Waals surface area contributed by atoms with E-state index in [1.165, 1.54) is 0 Å². The number of thiophene rings is 1. The van der Waals surface area contributed by atoms with Crippen molar-refractivity contribution in [3.63, 3.8) is 0 Å². The highest BCUT2D eigenvalue weighted by atomic mass is 35.5. The molecule has 0 bridgehead atoms. The monoisotopic (exact) mass is 352 g/mol. The minimum absolute atomic E-state index is 0.0161. The van der Waals surface area contributed by atoms with Crippen LogP contribution in [-0.2, 0) is 11.3 Å². The van der Waals surface area contributed by atoms with Gasteiger partial charge in [0, 0.05) is 35.1 Å². The first-order valence-electron chi connectivity index (χ1n) is 7.75. The quantitative estimate of drug-likeness (QED) is 0.923. The van der Waals surface area contributed by atoms with Crippen LogP contribution in [0.5, 0.6) is 0 Å². The zero-order valence-corrected chi connectivity index (χ0v) is 14.9. The van der Waals surface area contributed by atoms with E-state index in [4.69, 9.17) is 11.6 Å². The van der Waals surface area contributed by atoms with Gasteiger partial charge in [0.15, 0.2) is 0 Å². The second-order valence-corrected chi connectivity index (χ2v) is 7.77. The van der Waals surface area contributed by atoms with Crippen molar-refractivity contribution in [1.82, 2.24) is 9.80 Å². The number of rotatable bonds is 3. The summed E-state index contributed by atoms with van der Waals surface area (Å²) in [5.41, 5.74) is 0. The number of piperidine rings is 1. The van der Waals surface area contributed by atoms with E-state index < -0.39 is 6.10 Å². The molecule has 0 aliphatic carbocycles. The number of carbonyl (C=O) groups is 1. The molecule has 1 aliphatic heterocycles. The lowest BCUT2D eigenvalue weighted by Crippen LogP contribution is -2.48. The molecule has 23 heavy (non-hydrogen) atoms. The molecule has 1 aromatic heterocycles. The maximum Gasteiger partial charge on any atom is 0.229 e. The molecule has 1 amide bonds. The normalized spacial score (nSPS) is 22.4. The molecule has 1 fully saturated rings. The summed E-state index contributed by atoms with van der Waals surface area (Å²) in [4.78, 5) is 17.5. The van der Waals surface area contributed by atoms with Crippen LogP contribution in [0.4, 0.5) is 0 Å². The lowest BCUT2D eigenvalue weighted by Gasteiger charge is -2.35. The number of carbonyl (C=O) groups excluding carboxylic acids is 1. The zero-order chi connectivity index (χ0) is 16.6. The predicted octanol–water partition coefficient (Wildman–Crippen LogP) is 2.83. The lowest BCUT2D eigenvalue weighted by molar-refractivity contribution is -0.141. The van der Waals surface area contributed by atoms with Crippen LogP contribution in [-0.4, -0.2) is 54.1 Å². The fourth-order valence-corrected chi connectivity index (χ4v) is 4.63. The van der Waals surface area contributed by atoms with Crippen molar-refractivity contribution >= 4 is 38.9 Å². The number of hydrogen-bond acceptors (Lipinski definition) is 4. The Bertz CT molecular complexity index is 718. The summed E-state index contributed by atoms with van der Waals surface area (Å²) in [6.07, 6.45) is 0.0868. The van der Waals surface area contributed by atoms with Crippen LogP contribution in [0.3, 0.4) is 0 Å². The van der Waals surface area contributed by atoms with E-state index in [-0.39, 0.29) is 11.8 Å². The van der Waals surface area contributed by atoms with Gasteiger partial charge in [-0.2, -0.15) is 0 Å². The summed E-state index contributed by atoms with van der Waals surface area (Å²) in [5.74, 6) is -0.371. The van der Waals surface area contributed by atoms with Gasteiger partial charge in [-0.15, -0.1) is 11.3 Å². The van der Waals surface area contributed by atoms with Gasteiger partial charge >= 0.3 is 0 Å². The number of nitrogens with zero attached hydrogens (tertiary/aromatic N) is 2. The molecule has 124 valence electrons. The minimum Gasteiger partial charge on any atom is -0.392 e. The van der Waals surface area contributed by atoms with Gasteiger partial charge in [-0.1, -0.05) is 29.8 Å². The highest BCUT2D eigenvalue weighted by Crippen LogP contribution is 2.36. The van der Waals surface area contributed by atoms with Gasteiger partial charge in [-0.3, -0.25) is 4.79 Å². The fraction of sp³-hybridized carbons (Fsp3) is 0.471. The second-order valence-electron chi connectivity index (χ2n) is 6.25. The third-order valence-electron chi connectivity index (χ3n) is 4.46. The average Bonchev–Trinajstić information content (AvgIpc) is 2.85. The maximum atomic E-state index is 12.7. The van der Waals surface area contributed by atoms with E-state index >= 15 is 0 Å². The molecular formula is C17H21ClN2O2S. The smallest absolute Gasteiger partial charge is 0.229 e. The van der Waals surface area contributed by atoms with Gasteiger partial charge < -0.3 is 14.9 Å². The SMILES string of the molecule is CN1CC[C@@H](O)[C@H](C(=O)N(C)Cc2sc3ccccc3c2Cl)C1. The molecule has 1 aromatic carbocycles. The van der Waals surface area contributed by atoms with Crippen LogP contribution in [0.15, 0.2) is 24.3 Å². The molecular weight excluding hydrogens is 332 g/mol. The standard InChI is InChI=1S/C17H21ClN2O2S/c1-19-8-7-13(21)12(9-19)17(22)20(2)10-15-16(18)11-5-3-4-6-14(11)23-15/h3-6,12-13,21H,7-10H2,1-2H3/t12-,13-/m1/s1. The zero-order valence-electron chi connectivity index (χ0n) is 13.3. The fourth-order valence-electron chi connectivity index (χ4n) is 3.09. The first kappa shape index (κ1) is 16.7. The molecule has 4 nitrogen and oxygen atoms in total. The topological polar surface area (TPSA) is 43.8 Å². The van der Waals surface area contributed by atoms with Crippen LogP contribution in [0, 0.1) is 5.92 Å². The first-order valence-corrected chi connectivity index (χ1v) is 8.94. The molecule has 0 saturated carbocycles. The van der Waals surface area contributed by atoms with E-state index in [1.807, 2.05) is 31.3 Å². The van der Waals surface area contributed by atoms with Crippen molar-refractivity contribution in [1.29, 1.82) is 0 Å². The molecule has 1 saturated heterocycles. The van der Waals surface area contributed by atoms with Gasteiger partial charge in [-0.05, 0) is 19.5 Å². The van der Waals surface area contributed by atoms with Crippen molar-refractivity contribution in [2.24, 2.45) is 5.92 Å². The average molecular weight is 353 g/mol. The number of aliphatic hydroxyl groups is 1. The van der Waals surface area contributed by atoms with Crippen molar-refractivity contribution in [3.05, 3.63) is 34.2 Å². The second kappa shape index (κ2) is 6.77. The van der Waals surface area contributed by atoms with E-state index in [2.05, 4.69) is 4.90 Å². The summed E-state index contributed by atoms with van der Waals surface area (Å²) < 4.78 is 1.13. The Kier molecular flexibility index (Phi) is 4.92. The van der Waals surface area contributed by atoms with Gasteiger partial charge in [0.05, 0.1) is 23.6 Å². The number of fused-ring (bicyclic) bond motifs is 1. The Labute approximate surface area is 145 Å². The highest BCUT2D eigenvalue weighted by molar-refractivity contribution is 7.19. The van der Waals surface area contributed by atoms with Crippen LogP contribution < -0.4 is 0 Å². The molecule has 2 atom stereocenters. The largest absolute Gasteiger partial charge is 0.392 e. The number of amides is 1. The predicted molar refractivity (Wildman–Crippen MR) is 94.9 cm³/mol. The molecule has 1 N–H and O–H groups in total. The Morgan fingerprint density at radius 3 is 2.96 bits per heavy atom. The van der Waals surface area contributed by atoms with Gasteiger partial charge in [0.25, 0.3) is 0 Å². The summed E-state index contributed by atoms with van der Waals surface area (Å²) in [7, 11) is 3.76. The van der Waals surface area contributed by atoms with E-state index in [0.717, 1.165) is 26.5 Å². The van der Waals surface area contributed by atoms with Gasteiger partial charge in [0.2, 0.25) is 5.91 Å². The van der Waals surface area contributed by atoms with Crippen molar-refractivity contribution in [2.45, 2.75) is 19.1 Å². The van der Waals surface area contributed by atoms with Crippen LogP contribution in [0.25, 0.3) is 10.1 Å². The first-order chi connectivity index (χ1) is 11.0. The molecule has 0 spiro atoms. The number of aliphatic hydroxyl groups excluding tert-OH is 1. The van der Waals surface area contributed by atoms with Crippen molar-refractivity contribution in [2.75, 3.05) is 27.2 Å². The number of hydrogen-bond donors (Lipinski definition) is 1. The van der Waals surface area contributed by atoms with Crippen LogP contribution in [0.2, 0.25) is 5.02 Å². The molecule has 2 aromatic rings. The number of likely N-dealkylation sites (tertiary alicyclic amines) is 1. The Morgan fingerprint density at radius 1 is 1.48 bits per heavy atom. The molecule has 3 rings (SSSR count). The molecule has 1 aliphatic rings. The third-order valence-corrected chi connectivity index (χ3v) is 6.15. The van der Waals surface area contributed by atoms with Crippen molar-refractivity contribution in [3.8, 4) is 0 Å². The molecule has 2 heterocycles. The Morgan fingerprint density at radius 2 is 2.22 bits per heavy atom. The lowest BCUT2D eigenvalue weighted by atomic mass is 9.93. The van der Waals surface area contributed by atoms with E-state index in [9.17, 15) is 9.90 Å². The Hall–Kier alpha value is -1.14. The van der Waals surface area contributed by atoms with Crippen molar-refractivity contribution < 1.29 is 9.90 Å². The van der Waals surface area contributed by atoms with Gasteiger partial charge in [0.1, 0.15) is 0 Å². The molecule has 0 radical (unpaired) electrons. The summed E-state index contributed by atoms with van der Waals surface area (Å²) in [6, 6.07) is 7.99. The molecule has 0 unspecified atom stereocenters. The number of halogens is 1. The minimum atomic E-state index is -0.556. The summed E-state index contributed by atoms with van der Waals surface area (Å²) >= 11 is 8.08. The summed E-state index contributed by atoms with van der Waals surface area (Å²) in [6.45, 7) is 1.91. The van der Waals surface area contributed by atoms with E-state index in [0.29, 0.717) is 19.5 Å². The molecule has 6 heteroatoms. The number of benzene rings is 1. The highest BCUT2D eigenvalue weighted by Gasteiger charge is 2.33. The van der Waals surface area contributed by atoms with Crippen LogP contribution in [0.1, 0.15) is 11.3 Å².